The number of dihydropyridines is 1. The largest absolute Gasteiger partial charge is 0.384 e. The van der Waals surface area contributed by atoms with E-state index in [0.29, 0.717) is 12.0 Å². The van der Waals surface area contributed by atoms with E-state index in [9.17, 15) is 4.79 Å². The minimum Gasteiger partial charge on any atom is -0.384 e. The fourth-order valence-electron chi connectivity index (χ4n) is 4.59. The highest BCUT2D eigenvalue weighted by molar-refractivity contribution is 5.82. The Hall–Kier alpha value is -2.87. The Morgan fingerprint density at radius 1 is 0.907 bits per heavy atom. The van der Waals surface area contributed by atoms with Crippen LogP contribution in [0.2, 0.25) is 0 Å². The Morgan fingerprint density at radius 2 is 1.53 bits per heavy atom. The minimum absolute atomic E-state index is 0. The summed E-state index contributed by atoms with van der Waals surface area (Å²) in [5, 5.41) is 6.36. The van der Waals surface area contributed by atoms with Crippen molar-refractivity contribution in [1.82, 2.24) is 30.4 Å². The molecule has 0 unspecified atom stereocenters. The highest BCUT2D eigenvalue weighted by Gasteiger charge is 2.32. The standard InChI is InChI=1S/C11H21N3.C8H9N.C6H7N3O.C5H12.C4H10.CH4/c1-11(2,3)14-9-5-8-13-7-4-6-12-10(13)14;1-3-7-4-2-6-9-8(7)5-1;10-6-4-1-7-2-5(4)8-3-9-6;1-5(2,3)4;1-4(2)3;/h4-9H2,1-3H3;1-4,9H,5-6H2;3,7H,1-2H2,(H,8,9,10);1-4H3;4H,1-3H3;1H4. The fourth-order valence-corrected chi connectivity index (χ4v) is 4.59. The van der Waals surface area contributed by atoms with Gasteiger partial charge in [0.2, 0.25) is 0 Å². The third-order valence-electron chi connectivity index (χ3n) is 6.31. The Morgan fingerprint density at radius 3 is 2.14 bits per heavy atom. The molecule has 3 N–H and O–H groups in total. The van der Waals surface area contributed by atoms with Gasteiger partial charge in [0, 0.05) is 63.5 Å². The topological polar surface area (TPSA) is 88.7 Å². The van der Waals surface area contributed by atoms with E-state index in [1.165, 1.54) is 56.0 Å². The molecule has 1 saturated heterocycles. The van der Waals surface area contributed by atoms with Crippen LogP contribution in [0.5, 0.6) is 0 Å². The zero-order chi connectivity index (χ0) is 31.3. The number of nitrogens with zero attached hydrogens (tertiary/aromatic N) is 4. The van der Waals surface area contributed by atoms with Gasteiger partial charge in [0.05, 0.1) is 17.6 Å². The van der Waals surface area contributed by atoms with Crippen molar-refractivity contribution >= 4 is 5.96 Å². The van der Waals surface area contributed by atoms with Crippen molar-refractivity contribution in [2.24, 2.45) is 16.3 Å². The highest BCUT2D eigenvalue weighted by Crippen LogP contribution is 2.22. The molecule has 4 aliphatic heterocycles. The second-order valence-electron chi connectivity index (χ2n) is 14.5. The lowest BCUT2D eigenvalue weighted by Crippen LogP contribution is -2.58. The molecule has 0 saturated carbocycles. The first-order valence-electron chi connectivity index (χ1n) is 15.8. The SMILES string of the molecule is C.C1=CC2=C(CC=C2)NC1.CC(C)(C)C.CC(C)(C)N1CCCN2CCCN=C21.CC(C)C.O=c1[nH]cnc2c1CNC2. The van der Waals surface area contributed by atoms with E-state index in [-0.39, 0.29) is 18.5 Å². The summed E-state index contributed by atoms with van der Waals surface area (Å²) < 4.78 is 0. The number of guanidine groups is 1. The summed E-state index contributed by atoms with van der Waals surface area (Å²) in [6.07, 6.45) is 13.7. The Balaban J connectivity index is 0.000000285. The molecule has 0 amide bonds. The van der Waals surface area contributed by atoms with Crippen LogP contribution in [0.3, 0.4) is 0 Å². The summed E-state index contributed by atoms with van der Waals surface area (Å²) in [7, 11) is 0. The van der Waals surface area contributed by atoms with Gasteiger partial charge in [0.1, 0.15) is 0 Å². The number of allylic oxidation sites excluding steroid dienone is 4. The first kappa shape index (κ1) is 38.2. The van der Waals surface area contributed by atoms with E-state index >= 15 is 0 Å². The summed E-state index contributed by atoms with van der Waals surface area (Å²) in [5.41, 5.74) is 5.11. The van der Waals surface area contributed by atoms with E-state index in [1.807, 2.05) is 0 Å². The lowest BCUT2D eigenvalue weighted by atomic mass is 10.0. The molecule has 1 fully saturated rings. The second kappa shape index (κ2) is 18.1. The predicted molar refractivity (Wildman–Crippen MR) is 185 cm³/mol. The number of nitrogens with one attached hydrogen (secondary N) is 3. The third kappa shape index (κ3) is 14.4. The number of hydrogen-bond donors (Lipinski definition) is 3. The quantitative estimate of drug-likeness (QED) is 0.311. The number of rotatable bonds is 0. The van der Waals surface area contributed by atoms with E-state index in [0.717, 1.165) is 43.2 Å². The van der Waals surface area contributed by atoms with Crippen molar-refractivity contribution in [1.29, 1.82) is 0 Å². The Kier molecular flexibility index (Phi) is 16.0. The smallest absolute Gasteiger partial charge is 0.255 e. The van der Waals surface area contributed by atoms with Crippen molar-refractivity contribution in [2.75, 3.05) is 32.7 Å². The number of hydrogen-bond acceptors (Lipinski definition) is 7. The van der Waals surface area contributed by atoms with Crippen LogP contribution in [0, 0.1) is 11.3 Å². The maximum Gasteiger partial charge on any atom is 0.255 e. The number of aromatic nitrogens is 2. The monoisotopic (exact) mass is 598 g/mol. The molecule has 1 aromatic rings. The normalized spacial score (nSPS) is 18.0. The second-order valence-corrected chi connectivity index (χ2v) is 14.5. The van der Waals surface area contributed by atoms with Gasteiger partial charge in [-0.15, -0.1) is 0 Å². The van der Waals surface area contributed by atoms with Crippen LogP contribution in [0.15, 0.2) is 51.7 Å². The van der Waals surface area contributed by atoms with E-state index in [1.54, 1.807) is 0 Å². The molecule has 6 rings (SSSR count). The number of aliphatic imine (C=N–C) groups is 1. The molecule has 5 aliphatic rings. The molecular formula is C35H63N7O. The summed E-state index contributed by atoms with van der Waals surface area (Å²) in [5.74, 6) is 2.08. The molecular weight excluding hydrogens is 534 g/mol. The van der Waals surface area contributed by atoms with Crippen LogP contribution in [0.25, 0.3) is 0 Å². The van der Waals surface area contributed by atoms with Gasteiger partial charge in [-0.05, 0) is 50.5 Å². The van der Waals surface area contributed by atoms with Crippen LogP contribution in [0.4, 0.5) is 0 Å². The van der Waals surface area contributed by atoms with Gasteiger partial charge in [0.15, 0.2) is 5.96 Å². The number of aromatic amines is 1. The molecule has 0 aromatic carbocycles. The average Bonchev–Trinajstić information content (AvgIpc) is 3.58. The number of fused-ring (bicyclic) bond motifs is 2. The highest BCUT2D eigenvalue weighted by atomic mass is 16.1. The molecule has 0 atom stereocenters. The zero-order valence-electron chi connectivity index (χ0n) is 28.2. The van der Waals surface area contributed by atoms with Gasteiger partial charge in [-0.25, -0.2) is 4.98 Å². The Labute approximate surface area is 263 Å². The third-order valence-corrected chi connectivity index (χ3v) is 6.31. The summed E-state index contributed by atoms with van der Waals surface area (Å²) in [6, 6.07) is 0. The number of H-pyrrole nitrogens is 1. The molecule has 8 heteroatoms. The van der Waals surface area contributed by atoms with E-state index < -0.39 is 0 Å². The predicted octanol–water partition coefficient (Wildman–Crippen LogP) is 6.64. The minimum atomic E-state index is -0.0185. The van der Waals surface area contributed by atoms with Crippen molar-refractivity contribution in [3.63, 3.8) is 0 Å². The molecule has 244 valence electrons. The lowest BCUT2D eigenvalue weighted by Gasteiger charge is -2.47. The fraction of sp³-hybridized carbons (Fsp3) is 0.686. The van der Waals surface area contributed by atoms with Crippen molar-refractivity contribution < 1.29 is 0 Å². The van der Waals surface area contributed by atoms with E-state index in [2.05, 4.69) is 129 Å². The van der Waals surface area contributed by atoms with Crippen molar-refractivity contribution in [3.05, 3.63) is 63.5 Å². The molecule has 1 aliphatic carbocycles. The molecule has 0 radical (unpaired) electrons. The lowest BCUT2D eigenvalue weighted by molar-refractivity contribution is 0.158. The first-order chi connectivity index (χ1) is 19.7. The maximum absolute atomic E-state index is 11.0. The molecule has 8 nitrogen and oxygen atoms in total. The van der Waals surface area contributed by atoms with Crippen molar-refractivity contribution in [3.8, 4) is 0 Å². The maximum atomic E-state index is 11.0. The van der Waals surface area contributed by atoms with Crippen LogP contribution in [-0.2, 0) is 13.1 Å². The van der Waals surface area contributed by atoms with Gasteiger partial charge in [-0.1, -0.05) is 80.2 Å². The summed E-state index contributed by atoms with van der Waals surface area (Å²) in [6.45, 7) is 29.0. The van der Waals surface area contributed by atoms with Crippen LogP contribution in [-0.4, -0.2) is 64.0 Å². The van der Waals surface area contributed by atoms with Gasteiger partial charge >= 0.3 is 0 Å². The molecule has 43 heavy (non-hydrogen) atoms. The summed E-state index contributed by atoms with van der Waals surface area (Å²) in [4.78, 5) is 27.1. The molecule has 1 aromatic heterocycles. The molecule has 0 bridgehead atoms. The first-order valence-corrected chi connectivity index (χ1v) is 15.8. The van der Waals surface area contributed by atoms with Gasteiger partial charge in [-0.3, -0.25) is 9.79 Å². The van der Waals surface area contributed by atoms with Crippen LogP contribution >= 0.6 is 0 Å². The van der Waals surface area contributed by atoms with Gasteiger partial charge in [-0.2, -0.15) is 0 Å². The van der Waals surface area contributed by atoms with Crippen molar-refractivity contribution in [2.45, 2.75) is 115 Å². The Bertz CT molecular complexity index is 1140. The van der Waals surface area contributed by atoms with Crippen LogP contribution < -0.4 is 16.2 Å². The van der Waals surface area contributed by atoms with Crippen LogP contribution in [0.1, 0.15) is 107 Å². The van der Waals surface area contributed by atoms with E-state index in [4.69, 9.17) is 0 Å². The van der Waals surface area contributed by atoms with Gasteiger partial charge < -0.3 is 25.4 Å². The molecule has 0 spiro atoms. The zero-order valence-corrected chi connectivity index (χ0v) is 28.2. The summed E-state index contributed by atoms with van der Waals surface area (Å²) >= 11 is 0. The molecule has 5 heterocycles. The van der Waals surface area contributed by atoms with Gasteiger partial charge in [0.25, 0.3) is 5.56 Å². The average molecular weight is 598 g/mol.